The molecular weight excluding hydrogens is 266 g/mol. The highest BCUT2D eigenvalue weighted by Gasteiger charge is 2.24. The number of nitrogen functional groups attached to an aromatic ring is 1. The summed E-state index contributed by atoms with van der Waals surface area (Å²) in [4.78, 5) is 19.9. The van der Waals surface area contributed by atoms with Gasteiger partial charge in [0.25, 0.3) is 5.91 Å². The molecule has 1 aliphatic heterocycles. The van der Waals surface area contributed by atoms with Crippen molar-refractivity contribution < 1.29 is 14.6 Å². The number of rotatable bonds is 2. The van der Waals surface area contributed by atoms with Crippen LogP contribution in [0.25, 0.3) is 5.57 Å². The van der Waals surface area contributed by atoms with Crippen molar-refractivity contribution in [1.29, 1.82) is 0 Å². The van der Waals surface area contributed by atoms with E-state index in [1.165, 1.54) is 7.11 Å². The van der Waals surface area contributed by atoms with Gasteiger partial charge in [-0.1, -0.05) is 11.3 Å². The number of anilines is 1. The Balaban J connectivity index is 2.37. The molecule has 0 saturated carbocycles. The average Bonchev–Trinajstić information content (AvgIpc) is 2.86. The van der Waals surface area contributed by atoms with Gasteiger partial charge in [-0.25, -0.2) is 4.99 Å². The molecule has 6 nitrogen and oxygen atoms in total. The van der Waals surface area contributed by atoms with Gasteiger partial charge < -0.3 is 15.6 Å². The summed E-state index contributed by atoms with van der Waals surface area (Å²) in [5, 5.41) is 11.1. The molecule has 1 amide bonds. The second-order valence-corrected chi connectivity index (χ2v) is 4.91. The first-order valence-corrected chi connectivity index (χ1v) is 6.19. The second kappa shape index (κ2) is 4.06. The molecule has 1 aliphatic rings. The van der Waals surface area contributed by atoms with Crippen molar-refractivity contribution in [1.82, 2.24) is 4.98 Å². The number of aromatic nitrogens is 1. The molecule has 19 heavy (non-hydrogen) atoms. The predicted molar refractivity (Wildman–Crippen MR) is 69.5 cm³/mol. The maximum Gasteiger partial charge on any atom is 0.279 e. The number of nitrogens with two attached hydrogens (primary N) is 1. The molecule has 0 radical (unpaired) electrons. The highest BCUT2D eigenvalue weighted by molar-refractivity contribution is 7.17. The molecule has 2 heterocycles. The lowest BCUT2D eigenvalue weighted by Gasteiger charge is -1.98. The lowest BCUT2D eigenvalue weighted by molar-refractivity contribution is -0.112. The number of amides is 1. The minimum absolute atomic E-state index is 0.198. The summed E-state index contributed by atoms with van der Waals surface area (Å²) in [5.41, 5.74) is 5.84. The standard InChI is InChI=1S/C12H9N3O3S/c1-18-5-2-3-7-6(4-5)8(10(16)14-7)9-11(17)15-12(13)19-9/h2-4,17H,1H3,(H2,13,15). The molecule has 0 aliphatic carbocycles. The molecule has 0 spiro atoms. The zero-order chi connectivity index (χ0) is 13.6. The summed E-state index contributed by atoms with van der Waals surface area (Å²) in [6.45, 7) is 0. The van der Waals surface area contributed by atoms with Gasteiger partial charge in [-0.15, -0.1) is 0 Å². The number of benzene rings is 1. The highest BCUT2D eigenvalue weighted by Crippen LogP contribution is 2.32. The van der Waals surface area contributed by atoms with E-state index in [-0.39, 0.29) is 11.0 Å². The van der Waals surface area contributed by atoms with E-state index in [0.717, 1.165) is 11.3 Å². The van der Waals surface area contributed by atoms with E-state index in [9.17, 15) is 9.90 Å². The van der Waals surface area contributed by atoms with Crippen LogP contribution in [-0.4, -0.2) is 23.1 Å². The summed E-state index contributed by atoms with van der Waals surface area (Å²) in [6, 6.07) is 5.12. The van der Waals surface area contributed by atoms with Crippen LogP contribution in [-0.2, 0) is 4.79 Å². The van der Waals surface area contributed by atoms with E-state index in [1.807, 2.05) is 0 Å². The smallest absolute Gasteiger partial charge is 0.279 e. The first-order chi connectivity index (χ1) is 9.10. The molecule has 1 aromatic carbocycles. The summed E-state index contributed by atoms with van der Waals surface area (Å²) < 4.78 is 5.13. The fourth-order valence-electron chi connectivity index (χ4n) is 1.93. The van der Waals surface area contributed by atoms with Crippen molar-refractivity contribution in [2.45, 2.75) is 0 Å². The van der Waals surface area contributed by atoms with E-state index in [1.54, 1.807) is 18.2 Å². The zero-order valence-corrected chi connectivity index (χ0v) is 10.7. The van der Waals surface area contributed by atoms with Gasteiger partial charge in [0.1, 0.15) is 10.6 Å². The van der Waals surface area contributed by atoms with Crippen LogP contribution in [0, 0.1) is 0 Å². The largest absolute Gasteiger partial charge is 0.497 e. The van der Waals surface area contributed by atoms with Crippen LogP contribution in [0.3, 0.4) is 0 Å². The van der Waals surface area contributed by atoms with Crippen LogP contribution in [0.4, 0.5) is 5.13 Å². The number of aromatic hydroxyl groups is 1. The Morgan fingerprint density at radius 2 is 2.21 bits per heavy atom. The molecule has 3 N–H and O–H groups in total. The molecule has 0 saturated heterocycles. The first kappa shape index (κ1) is 11.7. The maximum atomic E-state index is 12.0. The van der Waals surface area contributed by atoms with Gasteiger partial charge >= 0.3 is 0 Å². The van der Waals surface area contributed by atoms with Gasteiger partial charge in [0, 0.05) is 5.22 Å². The van der Waals surface area contributed by atoms with Crippen molar-refractivity contribution in [3.05, 3.63) is 33.7 Å². The number of nitrogens with zero attached hydrogens (tertiary/aromatic N) is 2. The van der Waals surface area contributed by atoms with Gasteiger partial charge in [0.05, 0.1) is 18.0 Å². The number of methoxy groups -OCH3 is 1. The van der Waals surface area contributed by atoms with E-state index in [0.29, 0.717) is 26.8 Å². The van der Waals surface area contributed by atoms with Gasteiger partial charge in [0.2, 0.25) is 5.88 Å². The van der Waals surface area contributed by atoms with Crippen molar-refractivity contribution in [2.24, 2.45) is 4.99 Å². The topological polar surface area (TPSA) is 97.8 Å². The molecule has 1 aromatic heterocycles. The van der Waals surface area contributed by atoms with Gasteiger partial charge in [-0.3, -0.25) is 4.79 Å². The lowest BCUT2D eigenvalue weighted by Crippen LogP contribution is -2.23. The third kappa shape index (κ3) is 1.75. The Morgan fingerprint density at radius 3 is 2.84 bits per heavy atom. The number of hydrogen-bond acceptors (Lipinski definition) is 6. The number of carbonyl (C=O) groups excluding carboxylic acids is 1. The minimum Gasteiger partial charge on any atom is -0.497 e. The molecule has 2 aromatic rings. The van der Waals surface area contributed by atoms with Crippen molar-refractivity contribution >= 4 is 27.9 Å². The Morgan fingerprint density at radius 1 is 1.42 bits per heavy atom. The Labute approximate surface area is 111 Å². The van der Waals surface area contributed by atoms with E-state index in [4.69, 9.17) is 10.5 Å². The molecule has 0 atom stereocenters. The molecule has 0 unspecified atom stereocenters. The molecule has 3 rings (SSSR count). The van der Waals surface area contributed by atoms with Crippen LogP contribution in [0.15, 0.2) is 23.2 Å². The minimum atomic E-state index is -0.415. The number of hydrogen-bond donors (Lipinski definition) is 2. The first-order valence-electron chi connectivity index (χ1n) is 5.37. The summed E-state index contributed by atoms with van der Waals surface area (Å²) >= 11 is 1.05. The fraction of sp³-hybridized carbons (Fsp3) is 0.0833. The van der Waals surface area contributed by atoms with Crippen LogP contribution in [0.2, 0.25) is 0 Å². The van der Waals surface area contributed by atoms with E-state index in [2.05, 4.69) is 9.98 Å². The number of carbonyl (C=O) groups is 1. The third-order valence-corrected chi connectivity index (χ3v) is 3.65. The van der Waals surface area contributed by atoms with Crippen LogP contribution in [0.1, 0.15) is 4.88 Å². The van der Waals surface area contributed by atoms with Crippen molar-refractivity contribution in [3.8, 4) is 11.6 Å². The second-order valence-electron chi connectivity index (χ2n) is 3.88. The van der Waals surface area contributed by atoms with Crippen LogP contribution in [0.5, 0.6) is 11.6 Å². The SMILES string of the molecule is COc1ccc2c(c1)=C(c1sc(N)nc1O)C(=O)N=2. The molecule has 7 heteroatoms. The lowest BCUT2D eigenvalue weighted by atomic mass is 10.1. The summed E-state index contributed by atoms with van der Waals surface area (Å²) in [5.74, 6) is -0.0583. The van der Waals surface area contributed by atoms with E-state index < -0.39 is 5.91 Å². The Kier molecular flexibility index (Phi) is 2.49. The quantitative estimate of drug-likeness (QED) is 0.791. The van der Waals surface area contributed by atoms with Crippen LogP contribution >= 0.6 is 11.3 Å². The number of thiazole rings is 1. The summed E-state index contributed by atoms with van der Waals surface area (Å²) in [6.07, 6.45) is 0. The number of ether oxygens (including phenoxy) is 1. The van der Waals surface area contributed by atoms with Gasteiger partial charge in [-0.2, -0.15) is 4.98 Å². The van der Waals surface area contributed by atoms with Crippen molar-refractivity contribution in [3.63, 3.8) is 0 Å². The average molecular weight is 275 g/mol. The normalized spacial score (nSPS) is 13.3. The predicted octanol–water partition coefficient (Wildman–Crippen LogP) is -0.202. The fourth-order valence-corrected chi connectivity index (χ4v) is 2.71. The molecule has 96 valence electrons. The van der Waals surface area contributed by atoms with Crippen molar-refractivity contribution in [2.75, 3.05) is 12.8 Å². The Hall–Kier alpha value is -2.41. The molecular formula is C12H9N3O3S. The molecule has 0 bridgehead atoms. The maximum absolute atomic E-state index is 12.0. The number of fused-ring (bicyclic) bond motifs is 1. The molecule has 0 fully saturated rings. The summed E-state index contributed by atoms with van der Waals surface area (Å²) in [7, 11) is 1.54. The highest BCUT2D eigenvalue weighted by atomic mass is 32.1. The van der Waals surface area contributed by atoms with Gasteiger partial charge in [0.15, 0.2) is 5.13 Å². The Bertz CT molecular complexity index is 810. The van der Waals surface area contributed by atoms with E-state index >= 15 is 0 Å². The van der Waals surface area contributed by atoms with Crippen LogP contribution < -0.4 is 21.0 Å². The zero-order valence-electron chi connectivity index (χ0n) is 9.88. The monoisotopic (exact) mass is 275 g/mol. The third-order valence-electron chi connectivity index (χ3n) is 2.76. The van der Waals surface area contributed by atoms with Gasteiger partial charge in [-0.05, 0) is 18.2 Å².